The molecular weight excluding hydrogens is 172 g/mol. The molecule has 0 amide bonds. The SMILES string of the molecule is CC(C)=CCCl.CC(C)=CCO. The number of alkyl halides is 1. The largest absolute Gasteiger partial charge is 0.392 e. The van der Waals surface area contributed by atoms with Gasteiger partial charge in [0.1, 0.15) is 0 Å². The molecule has 0 saturated heterocycles. The molecule has 0 spiro atoms. The van der Waals surface area contributed by atoms with Crippen LogP contribution in [0.4, 0.5) is 0 Å². The Bertz CT molecular complexity index is 122. The first-order valence-corrected chi connectivity index (χ1v) is 4.51. The van der Waals surface area contributed by atoms with E-state index >= 15 is 0 Å². The molecule has 0 aromatic carbocycles. The van der Waals surface area contributed by atoms with Gasteiger partial charge in [-0.2, -0.15) is 0 Å². The minimum absolute atomic E-state index is 0.169. The molecule has 2 heteroatoms. The summed E-state index contributed by atoms with van der Waals surface area (Å²) in [6, 6.07) is 0. The van der Waals surface area contributed by atoms with Crippen molar-refractivity contribution in [2.75, 3.05) is 12.5 Å². The summed E-state index contributed by atoms with van der Waals surface area (Å²) in [6.45, 7) is 8.14. The Balaban J connectivity index is 0. The second kappa shape index (κ2) is 10.7. The van der Waals surface area contributed by atoms with Gasteiger partial charge in [-0.05, 0) is 27.7 Å². The van der Waals surface area contributed by atoms with Gasteiger partial charge >= 0.3 is 0 Å². The average Bonchev–Trinajstić information content (AvgIpc) is 1.87. The van der Waals surface area contributed by atoms with Crippen LogP contribution < -0.4 is 0 Å². The fraction of sp³-hybridized carbons (Fsp3) is 0.600. The molecule has 72 valence electrons. The Morgan fingerprint density at radius 2 is 1.50 bits per heavy atom. The lowest BCUT2D eigenvalue weighted by molar-refractivity contribution is 0.342. The molecule has 0 heterocycles. The van der Waals surface area contributed by atoms with Gasteiger partial charge in [0.25, 0.3) is 0 Å². The minimum atomic E-state index is 0.169. The number of hydrogen-bond donors (Lipinski definition) is 1. The quantitative estimate of drug-likeness (QED) is 0.524. The zero-order chi connectivity index (χ0) is 9.98. The fourth-order valence-corrected chi connectivity index (χ4v) is 0.645. The van der Waals surface area contributed by atoms with E-state index in [4.69, 9.17) is 16.7 Å². The van der Waals surface area contributed by atoms with Crippen molar-refractivity contribution < 1.29 is 5.11 Å². The van der Waals surface area contributed by atoms with Gasteiger partial charge in [-0.1, -0.05) is 23.3 Å². The first kappa shape index (κ1) is 14.3. The van der Waals surface area contributed by atoms with Gasteiger partial charge in [0.15, 0.2) is 0 Å². The van der Waals surface area contributed by atoms with Gasteiger partial charge in [0, 0.05) is 5.88 Å². The van der Waals surface area contributed by atoms with Crippen molar-refractivity contribution >= 4 is 11.6 Å². The van der Waals surface area contributed by atoms with Crippen LogP contribution in [0.3, 0.4) is 0 Å². The van der Waals surface area contributed by atoms with Crippen molar-refractivity contribution in [3.8, 4) is 0 Å². The maximum Gasteiger partial charge on any atom is 0.0614 e. The number of halogens is 1. The molecule has 0 bridgehead atoms. The van der Waals surface area contributed by atoms with Crippen molar-refractivity contribution in [3.63, 3.8) is 0 Å². The summed E-state index contributed by atoms with van der Waals surface area (Å²) < 4.78 is 0. The fourth-order valence-electron chi connectivity index (χ4n) is 0.337. The van der Waals surface area contributed by atoms with E-state index in [-0.39, 0.29) is 6.61 Å². The molecule has 0 aliphatic heterocycles. The van der Waals surface area contributed by atoms with Crippen molar-refractivity contribution in [2.45, 2.75) is 27.7 Å². The van der Waals surface area contributed by atoms with Crippen LogP contribution in [0.2, 0.25) is 0 Å². The molecule has 12 heavy (non-hydrogen) atoms. The van der Waals surface area contributed by atoms with E-state index in [9.17, 15) is 0 Å². The summed E-state index contributed by atoms with van der Waals surface area (Å²) in [5, 5.41) is 8.16. The number of hydrogen-bond acceptors (Lipinski definition) is 1. The normalized spacial score (nSPS) is 7.83. The Labute approximate surface area is 80.7 Å². The molecule has 0 aromatic heterocycles. The highest BCUT2D eigenvalue weighted by atomic mass is 35.5. The van der Waals surface area contributed by atoms with Gasteiger partial charge in [0.05, 0.1) is 6.61 Å². The lowest BCUT2D eigenvalue weighted by Crippen LogP contribution is -1.71. The van der Waals surface area contributed by atoms with E-state index in [1.54, 1.807) is 6.08 Å². The monoisotopic (exact) mass is 190 g/mol. The highest BCUT2D eigenvalue weighted by molar-refractivity contribution is 6.18. The van der Waals surface area contributed by atoms with Crippen molar-refractivity contribution in [3.05, 3.63) is 23.3 Å². The molecule has 1 nitrogen and oxygen atoms in total. The lowest BCUT2D eigenvalue weighted by Gasteiger charge is -1.80. The zero-order valence-electron chi connectivity index (χ0n) is 8.39. The maximum absolute atomic E-state index is 8.16. The Morgan fingerprint density at radius 3 is 1.50 bits per heavy atom. The first-order valence-electron chi connectivity index (χ1n) is 3.98. The van der Waals surface area contributed by atoms with E-state index < -0.39 is 0 Å². The topological polar surface area (TPSA) is 20.2 Å². The standard InChI is InChI=1S/C5H9Cl.C5H10O/c2*1-5(2)3-4-6/h3H,4H2,1-2H3;3,6H,4H2,1-2H3. The van der Waals surface area contributed by atoms with E-state index in [1.165, 1.54) is 5.57 Å². The summed E-state index contributed by atoms with van der Waals surface area (Å²) in [7, 11) is 0. The minimum Gasteiger partial charge on any atom is -0.392 e. The van der Waals surface area contributed by atoms with Crippen LogP contribution in [0.25, 0.3) is 0 Å². The third kappa shape index (κ3) is 22.6. The molecule has 0 aliphatic rings. The second-order valence-electron chi connectivity index (χ2n) is 2.90. The van der Waals surface area contributed by atoms with Crippen molar-refractivity contribution in [2.24, 2.45) is 0 Å². The highest BCUT2D eigenvalue weighted by Crippen LogP contribution is 1.87. The van der Waals surface area contributed by atoms with Crippen LogP contribution in [0.5, 0.6) is 0 Å². The average molecular weight is 191 g/mol. The van der Waals surface area contributed by atoms with Crippen LogP contribution in [0.15, 0.2) is 23.3 Å². The van der Waals surface area contributed by atoms with Gasteiger partial charge < -0.3 is 5.11 Å². The molecule has 0 aromatic rings. The van der Waals surface area contributed by atoms with Gasteiger partial charge in [-0.15, -0.1) is 11.6 Å². The second-order valence-corrected chi connectivity index (χ2v) is 3.21. The lowest BCUT2D eigenvalue weighted by atomic mass is 10.3. The third-order valence-electron chi connectivity index (χ3n) is 0.985. The van der Waals surface area contributed by atoms with Crippen LogP contribution in [0.1, 0.15) is 27.7 Å². The van der Waals surface area contributed by atoms with Gasteiger partial charge in [-0.3, -0.25) is 0 Å². The highest BCUT2D eigenvalue weighted by Gasteiger charge is 1.69. The predicted molar refractivity (Wildman–Crippen MR) is 56.7 cm³/mol. The zero-order valence-corrected chi connectivity index (χ0v) is 9.15. The van der Waals surface area contributed by atoms with Crippen molar-refractivity contribution in [1.82, 2.24) is 0 Å². The molecule has 0 aliphatic carbocycles. The number of aliphatic hydroxyl groups is 1. The summed E-state index contributed by atoms with van der Waals surface area (Å²) in [4.78, 5) is 0. The number of rotatable bonds is 2. The summed E-state index contributed by atoms with van der Waals surface area (Å²) in [5.74, 6) is 0.641. The van der Waals surface area contributed by atoms with Crippen LogP contribution in [-0.2, 0) is 0 Å². The van der Waals surface area contributed by atoms with Crippen LogP contribution in [-0.4, -0.2) is 17.6 Å². The molecule has 0 fully saturated rings. The van der Waals surface area contributed by atoms with E-state index in [2.05, 4.69) is 0 Å². The maximum atomic E-state index is 8.16. The van der Waals surface area contributed by atoms with Crippen LogP contribution >= 0.6 is 11.6 Å². The van der Waals surface area contributed by atoms with Gasteiger partial charge in [0.2, 0.25) is 0 Å². The molecule has 0 radical (unpaired) electrons. The molecule has 0 unspecified atom stereocenters. The van der Waals surface area contributed by atoms with Gasteiger partial charge in [-0.25, -0.2) is 0 Å². The van der Waals surface area contributed by atoms with E-state index in [0.717, 1.165) is 5.57 Å². The summed E-state index contributed by atoms with van der Waals surface area (Å²) >= 11 is 5.32. The molecule has 0 rings (SSSR count). The Morgan fingerprint density at radius 1 is 1.08 bits per heavy atom. The number of aliphatic hydroxyl groups excluding tert-OH is 1. The van der Waals surface area contributed by atoms with Crippen molar-refractivity contribution in [1.29, 1.82) is 0 Å². The molecule has 1 N–H and O–H groups in total. The first-order chi connectivity index (χ1) is 5.54. The smallest absolute Gasteiger partial charge is 0.0614 e. The Kier molecular flexibility index (Phi) is 12.8. The molecule has 0 saturated carbocycles. The summed E-state index contributed by atoms with van der Waals surface area (Å²) in [5.41, 5.74) is 2.45. The molecular formula is C10H19ClO. The van der Waals surface area contributed by atoms with Crippen LogP contribution in [0, 0.1) is 0 Å². The van der Waals surface area contributed by atoms with E-state index in [0.29, 0.717) is 5.88 Å². The Hall–Kier alpha value is -0.270. The third-order valence-corrected chi connectivity index (χ3v) is 1.14. The molecule has 0 atom stereocenters. The predicted octanol–water partition coefficient (Wildman–Crippen LogP) is 3.14. The number of allylic oxidation sites excluding steroid dienone is 3. The van der Waals surface area contributed by atoms with E-state index in [1.807, 2.05) is 33.8 Å². The summed E-state index contributed by atoms with van der Waals surface area (Å²) in [6.07, 6.45) is 3.74.